The number of fused-ring (bicyclic) bond motifs is 1. The van der Waals surface area contributed by atoms with Gasteiger partial charge in [-0.05, 0) is 19.4 Å². The van der Waals surface area contributed by atoms with E-state index in [1.807, 2.05) is 13.8 Å². The Balaban J connectivity index is 2.54. The third-order valence-electron chi connectivity index (χ3n) is 2.44. The van der Waals surface area contributed by atoms with Gasteiger partial charge in [-0.25, -0.2) is 4.79 Å². The molecule has 0 aliphatic carbocycles. The van der Waals surface area contributed by atoms with Crippen LogP contribution in [0, 0.1) is 0 Å². The number of ether oxygens (including phenoxy) is 1. The third-order valence-corrected chi connectivity index (χ3v) is 2.44. The first-order valence-electron chi connectivity index (χ1n) is 5.19. The van der Waals surface area contributed by atoms with Crippen molar-refractivity contribution in [1.82, 2.24) is 0 Å². The summed E-state index contributed by atoms with van der Waals surface area (Å²) in [6.07, 6.45) is 3.40. The van der Waals surface area contributed by atoms with E-state index < -0.39 is 11.7 Å². The molecule has 1 aliphatic rings. The molecule has 1 aliphatic heterocycles. The van der Waals surface area contributed by atoms with E-state index in [2.05, 4.69) is 0 Å². The van der Waals surface area contributed by atoms with Gasteiger partial charge in [-0.2, -0.15) is 0 Å². The first-order chi connectivity index (χ1) is 7.67. The second-order valence-corrected chi connectivity index (χ2v) is 3.55. The van der Waals surface area contributed by atoms with Crippen molar-refractivity contribution in [2.75, 3.05) is 0 Å². The largest absolute Gasteiger partial charge is 0.481 e. The van der Waals surface area contributed by atoms with Gasteiger partial charge in [0.1, 0.15) is 17.1 Å². The molecule has 0 amide bonds. The molecule has 0 bridgehead atoms. The molecule has 0 saturated heterocycles. The van der Waals surface area contributed by atoms with Crippen LogP contribution in [0.5, 0.6) is 5.75 Å². The molecule has 1 aromatic rings. The zero-order valence-electron chi connectivity index (χ0n) is 9.15. The van der Waals surface area contributed by atoms with E-state index in [1.54, 1.807) is 18.2 Å². The summed E-state index contributed by atoms with van der Waals surface area (Å²) in [7, 11) is 0. The van der Waals surface area contributed by atoms with E-state index >= 15 is 0 Å². The number of rotatable bonds is 2. The lowest BCUT2D eigenvalue weighted by Gasteiger charge is -2.04. The molecule has 4 nitrogen and oxygen atoms in total. The van der Waals surface area contributed by atoms with E-state index in [4.69, 9.17) is 9.15 Å². The molecule has 84 valence electrons. The summed E-state index contributed by atoms with van der Waals surface area (Å²) in [6.45, 7) is 3.65. The first kappa shape index (κ1) is 10.7. The Bertz CT molecular complexity index is 510. The van der Waals surface area contributed by atoms with Gasteiger partial charge >= 0.3 is 5.63 Å². The number of carbonyl (C=O) groups excluding carboxylic acids is 1. The predicted molar refractivity (Wildman–Crippen MR) is 58.7 cm³/mol. The smallest absolute Gasteiger partial charge is 0.351 e. The van der Waals surface area contributed by atoms with Crippen LogP contribution in [0.1, 0.15) is 36.4 Å². The first-order valence-corrected chi connectivity index (χ1v) is 5.19. The fourth-order valence-corrected chi connectivity index (χ4v) is 1.69. The van der Waals surface area contributed by atoms with Gasteiger partial charge in [0.05, 0.1) is 0 Å². The molecule has 0 saturated carbocycles. The average Bonchev–Trinajstić information content (AvgIpc) is 2.56. The number of allylic oxidation sites excluding steroid dienone is 1. The van der Waals surface area contributed by atoms with Crippen molar-refractivity contribution in [3.05, 3.63) is 33.9 Å². The lowest BCUT2D eigenvalue weighted by molar-refractivity contribution is 0.0852. The highest BCUT2D eigenvalue weighted by molar-refractivity contribution is 6.04. The van der Waals surface area contributed by atoms with Crippen molar-refractivity contribution in [2.45, 2.75) is 26.4 Å². The van der Waals surface area contributed by atoms with Gasteiger partial charge < -0.3 is 9.15 Å². The van der Waals surface area contributed by atoms with Crippen LogP contribution in [-0.4, -0.2) is 11.9 Å². The van der Waals surface area contributed by atoms with Gasteiger partial charge in [0.2, 0.25) is 5.78 Å². The summed E-state index contributed by atoms with van der Waals surface area (Å²) < 4.78 is 10.4. The fraction of sp³-hybridized carbons (Fsp3) is 0.333. The quantitative estimate of drug-likeness (QED) is 0.765. The summed E-state index contributed by atoms with van der Waals surface area (Å²) in [5, 5.41) is 0. The van der Waals surface area contributed by atoms with Crippen molar-refractivity contribution in [3.8, 4) is 5.75 Å². The summed E-state index contributed by atoms with van der Waals surface area (Å²) in [4.78, 5) is 23.3. The van der Waals surface area contributed by atoms with Crippen LogP contribution in [0.25, 0.3) is 6.08 Å². The monoisotopic (exact) mass is 220 g/mol. The van der Waals surface area contributed by atoms with E-state index in [0.717, 1.165) is 0 Å². The van der Waals surface area contributed by atoms with E-state index in [1.165, 1.54) is 0 Å². The van der Waals surface area contributed by atoms with Crippen LogP contribution in [0.15, 0.2) is 21.4 Å². The number of ketones is 1. The van der Waals surface area contributed by atoms with Crippen LogP contribution in [0.2, 0.25) is 0 Å². The maximum absolute atomic E-state index is 11.7. The second kappa shape index (κ2) is 3.96. The molecule has 0 unspecified atom stereocenters. The van der Waals surface area contributed by atoms with E-state index in [0.29, 0.717) is 17.9 Å². The van der Waals surface area contributed by atoms with Crippen molar-refractivity contribution in [1.29, 1.82) is 0 Å². The van der Waals surface area contributed by atoms with Gasteiger partial charge in [-0.1, -0.05) is 13.0 Å². The molecule has 4 heteroatoms. The minimum atomic E-state index is -0.619. The Morgan fingerprint density at radius 2 is 2.19 bits per heavy atom. The lowest BCUT2D eigenvalue weighted by atomic mass is 10.1. The Morgan fingerprint density at radius 3 is 2.81 bits per heavy atom. The maximum Gasteiger partial charge on any atom is 0.351 e. The normalized spacial score (nSPS) is 18.9. The molecule has 1 aromatic heterocycles. The highest BCUT2D eigenvalue weighted by Crippen LogP contribution is 2.28. The summed E-state index contributed by atoms with van der Waals surface area (Å²) >= 11 is 0. The highest BCUT2D eigenvalue weighted by atomic mass is 16.5. The van der Waals surface area contributed by atoms with Crippen molar-refractivity contribution >= 4 is 11.9 Å². The Kier molecular flexibility index (Phi) is 2.64. The Hall–Kier alpha value is -1.84. The summed E-state index contributed by atoms with van der Waals surface area (Å²) in [6, 6.07) is 1.57. The van der Waals surface area contributed by atoms with E-state index in [-0.39, 0.29) is 11.3 Å². The minimum absolute atomic E-state index is 0.0418. The lowest BCUT2D eigenvalue weighted by Crippen LogP contribution is -2.21. The third kappa shape index (κ3) is 1.56. The molecule has 1 atom stereocenters. The zero-order chi connectivity index (χ0) is 11.7. The van der Waals surface area contributed by atoms with Crippen molar-refractivity contribution in [3.63, 3.8) is 0 Å². The number of hydrogen-bond donors (Lipinski definition) is 0. The molecular formula is C12H12O4. The van der Waals surface area contributed by atoms with Gasteiger partial charge in [-0.3, -0.25) is 4.79 Å². The van der Waals surface area contributed by atoms with Gasteiger partial charge in [0.25, 0.3) is 0 Å². The van der Waals surface area contributed by atoms with Crippen molar-refractivity contribution < 1.29 is 13.9 Å². The van der Waals surface area contributed by atoms with Gasteiger partial charge in [0.15, 0.2) is 6.10 Å². The van der Waals surface area contributed by atoms with Gasteiger partial charge in [-0.15, -0.1) is 0 Å². The topological polar surface area (TPSA) is 56.5 Å². The molecule has 2 rings (SSSR count). The van der Waals surface area contributed by atoms with Gasteiger partial charge in [0, 0.05) is 6.07 Å². The molecular weight excluding hydrogens is 208 g/mol. The molecule has 0 aromatic carbocycles. The number of Topliss-reactive ketones (excluding diaryl/α,β-unsaturated/α-hetero) is 1. The van der Waals surface area contributed by atoms with E-state index in [9.17, 15) is 9.59 Å². The average molecular weight is 220 g/mol. The SMILES string of the molecule is C/C=C/c1cc2c(c(=O)o1)C(=O)[C@H](CC)O2. The zero-order valence-corrected chi connectivity index (χ0v) is 9.15. The molecule has 16 heavy (non-hydrogen) atoms. The summed E-state index contributed by atoms with van der Waals surface area (Å²) in [5.41, 5.74) is -0.577. The molecule has 2 heterocycles. The molecule has 0 fully saturated rings. The Morgan fingerprint density at radius 1 is 1.44 bits per heavy atom. The molecule has 0 radical (unpaired) electrons. The minimum Gasteiger partial charge on any atom is -0.481 e. The van der Waals surface area contributed by atoms with Crippen LogP contribution in [0.3, 0.4) is 0 Å². The van der Waals surface area contributed by atoms with Crippen molar-refractivity contribution in [2.24, 2.45) is 0 Å². The highest BCUT2D eigenvalue weighted by Gasteiger charge is 2.34. The van der Waals surface area contributed by atoms with Crippen LogP contribution in [-0.2, 0) is 0 Å². The molecule has 0 spiro atoms. The number of carbonyl (C=O) groups is 1. The van der Waals surface area contributed by atoms with Crippen LogP contribution < -0.4 is 10.4 Å². The molecule has 0 N–H and O–H groups in total. The fourth-order valence-electron chi connectivity index (χ4n) is 1.69. The standard InChI is InChI=1S/C12H12O4/c1-3-5-7-6-9-10(12(14)15-7)11(13)8(4-2)16-9/h3,5-6,8H,4H2,1-2H3/b5-3+/t8-/m0/s1. The Labute approximate surface area is 92.5 Å². The van der Waals surface area contributed by atoms with Crippen LogP contribution in [0.4, 0.5) is 0 Å². The summed E-state index contributed by atoms with van der Waals surface area (Å²) in [5.74, 6) is 0.454. The predicted octanol–water partition coefficient (Wildman–Crippen LogP) is 2.03. The van der Waals surface area contributed by atoms with Crippen LogP contribution >= 0.6 is 0 Å². The number of hydrogen-bond acceptors (Lipinski definition) is 4. The maximum atomic E-state index is 11.7. The second-order valence-electron chi connectivity index (χ2n) is 3.55.